The molecule has 3 nitrogen and oxygen atoms in total. The molecular weight excluding hydrogens is 231 g/mol. The first kappa shape index (κ1) is 13.3. The van der Waals surface area contributed by atoms with E-state index in [1.165, 1.54) is 12.1 Å². The Hall–Kier alpha value is -1.13. The summed E-state index contributed by atoms with van der Waals surface area (Å²) >= 11 is 0. The zero-order valence-electron chi connectivity index (χ0n) is 10.9. The van der Waals surface area contributed by atoms with Gasteiger partial charge in [-0.25, -0.2) is 4.39 Å². The molecule has 0 aliphatic carbocycles. The van der Waals surface area contributed by atoms with Crippen molar-refractivity contribution in [3.05, 3.63) is 29.6 Å². The van der Waals surface area contributed by atoms with Crippen molar-refractivity contribution in [3.63, 3.8) is 0 Å². The second-order valence-electron chi connectivity index (χ2n) is 4.80. The number of anilines is 1. The highest BCUT2D eigenvalue weighted by Crippen LogP contribution is 2.20. The summed E-state index contributed by atoms with van der Waals surface area (Å²) in [5.74, 6) is -0.224. The van der Waals surface area contributed by atoms with Gasteiger partial charge in [0.25, 0.3) is 0 Å². The number of nitrogens with zero attached hydrogens (tertiary/aromatic N) is 1. The first-order valence-corrected chi connectivity index (χ1v) is 6.57. The number of ether oxygens (including phenoxy) is 1. The van der Waals surface area contributed by atoms with Crippen LogP contribution in [0.5, 0.6) is 0 Å². The number of rotatable bonds is 4. The van der Waals surface area contributed by atoms with Gasteiger partial charge in [-0.05, 0) is 50.1 Å². The summed E-state index contributed by atoms with van der Waals surface area (Å²) in [5.41, 5.74) is 7.41. The summed E-state index contributed by atoms with van der Waals surface area (Å²) in [6, 6.07) is 4.56. The van der Waals surface area contributed by atoms with Crippen molar-refractivity contribution in [2.75, 3.05) is 25.4 Å². The molecule has 1 fully saturated rings. The molecule has 0 bridgehead atoms. The minimum absolute atomic E-state index is 0.224. The van der Waals surface area contributed by atoms with Gasteiger partial charge in [-0.1, -0.05) is 0 Å². The van der Waals surface area contributed by atoms with E-state index in [4.69, 9.17) is 10.5 Å². The number of nitrogens with two attached hydrogens (primary N) is 1. The second kappa shape index (κ2) is 6.16. The van der Waals surface area contributed by atoms with Crippen LogP contribution in [0.3, 0.4) is 0 Å². The Balaban J connectivity index is 1.98. The Bertz CT molecular complexity index is 395. The summed E-state index contributed by atoms with van der Waals surface area (Å²) in [6.45, 7) is 5.40. The number of hydrogen-bond donors (Lipinski definition) is 1. The average Bonchev–Trinajstić information content (AvgIpc) is 2.35. The minimum atomic E-state index is -0.224. The van der Waals surface area contributed by atoms with E-state index >= 15 is 0 Å². The van der Waals surface area contributed by atoms with Gasteiger partial charge in [0.1, 0.15) is 5.82 Å². The standard InChI is InChI=1S/C14H21FN2O/c1-2-18-13-4-3-7-17(10-13)9-11-8-12(15)5-6-14(11)16/h5-6,8,13H,2-4,7,9-10,16H2,1H3. The van der Waals surface area contributed by atoms with Crippen LogP contribution in [0, 0.1) is 5.82 Å². The molecule has 1 unspecified atom stereocenters. The van der Waals surface area contributed by atoms with Crippen LogP contribution in [0.1, 0.15) is 25.3 Å². The summed E-state index contributed by atoms with van der Waals surface area (Å²) in [6.07, 6.45) is 2.54. The summed E-state index contributed by atoms with van der Waals surface area (Å²) in [4.78, 5) is 2.29. The Morgan fingerprint density at radius 2 is 2.33 bits per heavy atom. The van der Waals surface area contributed by atoms with Crippen molar-refractivity contribution in [3.8, 4) is 0 Å². The summed E-state index contributed by atoms with van der Waals surface area (Å²) < 4.78 is 18.9. The molecular formula is C14H21FN2O. The highest BCUT2D eigenvalue weighted by Gasteiger charge is 2.20. The predicted octanol–water partition coefficient (Wildman–Crippen LogP) is 2.41. The molecule has 0 amide bonds. The summed E-state index contributed by atoms with van der Waals surface area (Å²) in [7, 11) is 0. The van der Waals surface area contributed by atoms with Crippen LogP contribution in [-0.4, -0.2) is 30.7 Å². The topological polar surface area (TPSA) is 38.5 Å². The number of hydrogen-bond acceptors (Lipinski definition) is 3. The lowest BCUT2D eigenvalue weighted by atomic mass is 10.1. The maximum Gasteiger partial charge on any atom is 0.123 e. The number of piperidine rings is 1. The van der Waals surface area contributed by atoms with E-state index in [1.807, 2.05) is 6.92 Å². The van der Waals surface area contributed by atoms with Gasteiger partial charge in [0, 0.05) is 25.4 Å². The highest BCUT2D eigenvalue weighted by atomic mass is 19.1. The number of likely N-dealkylation sites (tertiary alicyclic amines) is 1. The fourth-order valence-electron chi connectivity index (χ4n) is 2.48. The van der Waals surface area contributed by atoms with Gasteiger partial charge in [0.05, 0.1) is 6.10 Å². The fourth-order valence-corrected chi connectivity index (χ4v) is 2.48. The van der Waals surface area contributed by atoms with Crippen LogP contribution in [0.15, 0.2) is 18.2 Å². The van der Waals surface area contributed by atoms with E-state index in [2.05, 4.69) is 4.90 Å². The van der Waals surface area contributed by atoms with Crippen molar-refractivity contribution < 1.29 is 9.13 Å². The minimum Gasteiger partial charge on any atom is -0.398 e. The zero-order chi connectivity index (χ0) is 13.0. The van der Waals surface area contributed by atoms with E-state index < -0.39 is 0 Å². The molecule has 1 atom stereocenters. The van der Waals surface area contributed by atoms with Crippen LogP contribution < -0.4 is 5.73 Å². The number of benzene rings is 1. The number of halogens is 1. The maximum absolute atomic E-state index is 13.2. The van der Waals surface area contributed by atoms with E-state index in [9.17, 15) is 4.39 Å². The van der Waals surface area contributed by atoms with Crippen LogP contribution in [-0.2, 0) is 11.3 Å². The van der Waals surface area contributed by atoms with E-state index in [-0.39, 0.29) is 5.82 Å². The lowest BCUT2D eigenvalue weighted by Gasteiger charge is -2.32. The van der Waals surface area contributed by atoms with Crippen molar-refractivity contribution in [1.82, 2.24) is 4.90 Å². The Morgan fingerprint density at radius 1 is 1.50 bits per heavy atom. The average molecular weight is 252 g/mol. The molecule has 1 aromatic carbocycles. The molecule has 100 valence electrons. The molecule has 1 aliphatic rings. The Labute approximate surface area is 108 Å². The molecule has 18 heavy (non-hydrogen) atoms. The molecule has 1 saturated heterocycles. The third-order valence-electron chi connectivity index (χ3n) is 3.36. The Morgan fingerprint density at radius 3 is 3.11 bits per heavy atom. The van der Waals surface area contributed by atoms with Crippen molar-refractivity contribution >= 4 is 5.69 Å². The van der Waals surface area contributed by atoms with E-state index in [0.717, 1.165) is 38.1 Å². The molecule has 0 saturated carbocycles. The van der Waals surface area contributed by atoms with Gasteiger partial charge in [0.15, 0.2) is 0 Å². The molecule has 4 heteroatoms. The molecule has 2 N–H and O–H groups in total. The second-order valence-corrected chi connectivity index (χ2v) is 4.80. The maximum atomic E-state index is 13.2. The SMILES string of the molecule is CCOC1CCCN(Cc2cc(F)ccc2N)C1. The summed E-state index contributed by atoms with van der Waals surface area (Å²) in [5, 5.41) is 0. The monoisotopic (exact) mass is 252 g/mol. The van der Waals surface area contributed by atoms with Crippen LogP contribution >= 0.6 is 0 Å². The third kappa shape index (κ3) is 3.43. The highest BCUT2D eigenvalue weighted by molar-refractivity contribution is 5.46. The van der Waals surface area contributed by atoms with E-state index in [1.54, 1.807) is 6.07 Å². The van der Waals surface area contributed by atoms with Crippen LogP contribution in [0.2, 0.25) is 0 Å². The van der Waals surface area contributed by atoms with Gasteiger partial charge in [-0.2, -0.15) is 0 Å². The van der Waals surface area contributed by atoms with Crippen molar-refractivity contribution in [2.45, 2.75) is 32.4 Å². The molecule has 1 aliphatic heterocycles. The Kier molecular flexibility index (Phi) is 4.55. The zero-order valence-corrected chi connectivity index (χ0v) is 10.9. The largest absolute Gasteiger partial charge is 0.398 e. The molecule has 2 rings (SSSR count). The van der Waals surface area contributed by atoms with Crippen LogP contribution in [0.25, 0.3) is 0 Å². The van der Waals surface area contributed by atoms with Crippen molar-refractivity contribution in [2.24, 2.45) is 0 Å². The molecule has 0 aromatic heterocycles. The lowest BCUT2D eigenvalue weighted by molar-refractivity contribution is 0.00367. The predicted molar refractivity (Wildman–Crippen MR) is 70.7 cm³/mol. The smallest absolute Gasteiger partial charge is 0.123 e. The number of nitrogen functional groups attached to an aromatic ring is 1. The quantitative estimate of drug-likeness (QED) is 0.836. The molecule has 1 aromatic rings. The van der Waals surface area contributed by atoms with E-state index in [0.29, 0.717) is 18.3 Å². The molecule has 1 heterocycles. The van der Waals surface area contributed by atoms with Gasteiger partial charge >= 0.3 is 0 Å². The van der Waals surface area contributed by atoms with Crippen molar-refractivity contribution in [1.29, 1.82) is 0 Å². The lowest BCUT2D eigenvalue weighted by Crippen LogP contribution is -2.39. The van der Waals surface area contributed by atoms with Gasteiger partial charge in [0.2, 0.25) is 0 Å². The van der Waals surface area contributed by atoms with Crippen LogP contribution in [0.4, 0.5) is 10.1 Å². The van der Waals surface area contributed by atoms with Gasteiger partial charge in [-0.3, -0.25) is 4.90 Å². The van der Waals surface area contributed by atoms with Gasteiger partial charge in [-0.15, -0.1) is 0 Å². The first-order chi connectivity index (χ1) is 8.69. The van der Waals surface area contributed by atoms with Gasteiger partial charge < -0.3 is 10.5 Å². The molecule has 0 radical (unpaired) electrons. The molecule has 0 spiro atoms. The first-order valence-electron chi connectivity index (χ1n) is 6.57. The fraction of sp³-hybridized carbons (Fsp3) is 0.571. The third-order valence-corrected chi connectivity index (χ3v) is 3.36. The normalized spacial score (nSPS) is 21.1.